The van der Waals surface area contributed by atoms with Crippen LogP contribution in [0, 0.1) is 5.41 Å². The molecule has 0 aliphatic carbocycles. The molecule has 0 spiro atoms. The van der Waals surface area contributed by atoms with E-state index in [9.17, 15) is 0 Å². The van der Waals surface area contributed by atoms with Crippen LogP contribution in [0.2, 0.25) is 0 Å². The van der Waals surface area contributed by atoms with Gasteiger partial charge in [-0.2, -0.15) is 0 Å². The first-order chi connectivity index (χ1) is 1.91. The Hall–Kier alpha value is -0.0400. The summed E-state index contributed by atoms with van der Waals surface area (Å²) in [7, 11) is 0. The molecule has 23 valence electrons. The molecule has 0 bridgehead atoms. The first-order valence-corrected chi connectivity index (χ1v) is 1.41. The van der Waals surface area contributed by atoms with Crippen molar-refractivity contribution in [1.29, 1.82) is 5.41 Å². The smallest absolute Gasteiger partial charge is 0.0681 e. The van der Waals surface area contributed by atoms with Gasteiger partial charge in [0.1, 0.15) is 0 Å². The van der Waals surface area contributed by atoms with Crippen LogP contribution in [0.1, 0.15) is 0 Å². The zero-order valence-corrected chi connectivity index (χ0v) is 2.84. The minimum absolute atomic E-state index is 0.208. The van der Waals surface area contributed by atoms with Crippen LogP contribution < -0.4 is 0 Å². The van der Waals surface area contributed by atoms with Crippen molar-refractivity contribution in [3.8, 4) is 0 Å². The first-order valence-electron chi connectivity index (χ1n) is 0.871. The summed E-state index contributed by atoms with van der Waals surface area (Å²) in [5.74, 6) is 0.208. The summed E-state index contributed by atoms with van der Waals surface area (Å²) in [4.78, 5) is 0. The Morgan fingerprint density at radius 2 is 2.25 bits per heavy atom. The van der Waals surface area contributed by atoms with Gasteiger partial charge in [0.15, 0.2) is 0 Å². The number of halogens is 1. The van der Waals surface area contributed by atoms with E-state index in [1.54, 1.807) is 0 Å². The molecule has 4 heavy (non-hydrogen) atoms. The summed E-state index contributed by atoms with van der Waals surface area (Å²) in [5.41, 5.74) is 0. The van der Waals surface area contributed by atoms with Gasteiger partial charge in [0.25, 0.3) is 0 Å². The predicted octanol–water partition coefficient (Wildman–Crippen LogP) is 0.752. The molecular formula is C2H3ClN. The summed E-state index contributed by atoms with van der Waals surface area (Å²) < 4.78 is 0. The molecule has 0 saturated heterocycles. The second-order valence-electron chi connectivity index (χ2n) is 0.310. The molecule has 0 aliphatic rings. The maximum Gasteiger partial charge on any atom is 0.0681 e. The zero-order valence-electron chi connectivity index (χ0n) is 2.09. The first kappa shape index (κ1) is 3.96. The van der Waals surface area contributed by atoms with Gasteiger partial charge in [0, 0.05) is 0 Å². The van der Waals surface area contributed by atoms with E-state index in [0.717, 1.165) is 0 Å². The van der Waals surface area contributed by atoms with Gasteiger partial charge in [-0.05, 0) is 0 Å². The Morgan fingerprint density at radius 3 is 2.25 bits per heavy atom. The number of hydrogen-bond donors (Lipinski definition) is 1. The van der Waals surface area contributed by atoms with Crippen molar-refractivity contribution >= 4 is 17.8 Å². The molecule has 0 amide bonds. The van der Waals surface area contributed by atoms with Crippen LogP contribution in [0.25, 0.3) is 0 Å². The molecule has 2 heteroatoms. The van der Waals surface area contributed by atoms with E-state index in [2.05, 4.69) is 0 Å². The molecule has 1 nitrogen and oxygen atoms in total. The highest BCUT2D eigenvalue weighted by Gasteiger charge is 1.52. The lowest BCUT2D eigenvalue weighted by atomic mass is 10.9. The highest BCUT2D eigenvalue weighted by atomic mass is 35.5. The SMILES string of the molecule is N=[C]CCl. The third-order valence-electron chi connectivity index (χ3n) is 0.0668. The van der Waals surface area contributed by atoms with E-state index < -0.39 is 0 Å². The topological polar surface area (TPSA) is 23.9 Å². The maximum absolute atomic E-state index is 6.07. The Bertz CT molecular complexity index is 20.0. The zero-order chi connectivity index (χ0) is 3.41. The largest absolute Gasteiger partial charge is 0.302 e. The summed E-state index contributed by atoms with van der Waals surface area (Å²) >= 11 is 4.89. The molecule has 1 N–H and O–H groups in total. The fourth-order valence-corrected chi connectivity index (χ4v) is 0. The van der Waals surface area contributed by atoms with E-state index in [1.165, 1.54) is 0 Å². The lowest BCUT2D eigenvalue weighted by molar-refractivity contribution is 1.55. The maximum atomic E-state index is 6.07. The van der Waals surface area contributed by atoms with Gasteiger partial charge in [-0.1, -0.05) is 0 Å². The molecule has 0 heterocycles. The van der Waals surface area contributed by atoms with Crippen molar-refractivity contribution < 1.29 is 0 Å². The average molecular weight is 76.5 g/mol. The monoisotopic (exact) mass is 76.0 g/mol. The number of nitrogens with one attached hydrogen (secondary N) is 1. The summed E-state index contributed by atoms with van der Waals surface area (Å²) in [6.07, 6.45) is 1.95. The Balaban J connectivity index is 2.30. The standard InChI is InChI=1S/C2H3ClN/c3-1-2-4/h4H,1H2. The fraction of sp³-hybridized carbons (Fsp3) is 0.500. The minimum Gasteiger partial charge on any atom is -0.302 e. The fourth-order valence-electron chi connectivity index (χ4n) is 0. The van der Waals surface area contributed by atoms with Gasteiger partial charge in [-0.15, -0.1) is 11.6 Å². The van der Waals surface area contributed by atoms with Gasteiger partial charge in [-0.25, -0.2) is 0 Å². The molecule has 1 radical (unpaired) electrons. The van der Waals surface area contributed by atoms with E-state index in [1.807, 2.05) is 6.21 Å². The van der Waals surface area contributed by atoms with E-state index >= 15 is 0 Å². The molecule has 0 atom stereocenters. The molecule has 0 saturated carbocycles. The van der Waals surface area contributed by atoms with Crippen molar-refractivity contribution in [3.63, 3.8) is 0 Å². The highest BCUT2D eigenvalue weighted by Crippen LogP contribution is 1.58. The lowest BCUT2D eigenvalue weighted by Crippen LogP contribution is -1.61. The van der Waals surface area contributed by atoms with Crippen molar-refractivity contribution in [2.45, 2.75) is 0 Å². The number of rotatable bonds is 1. The summed E-state index contributed by atoms with van der Waals surface area (Å²) in [6, 6.07) is 0. The highest BCUT2D eigenvalue weighted by molar-refractivity contribution is 6.24. The Morgan fingerprint density at radius 1 is 2.00 bits per heavy atom. The van der Waals surface area contributed by atoms with Crippen molar-refractivity contribution in [3.05, 3.63) is 0 Å². The van der Waals surface area contributed by atoms with Gasteiger partial charge < -0.3 is 5.41 Å². The Kier molecular flexibility index (Phi) is 2.93. The number of alkyl halides is 1. The van der Waals surface area contributed by atoms with Gasteiger partial charge in [-0.3, -0.25) is 0 Å². The van der Waals surface area contributed by atoms with Crippen LogP contribution in [0.5, 0.6) is 0 Å². The van der Waals surface area contributed by atoms with Crippen molar-refractivity contribution in [2.24, 2.45) is 0 Å². The number of hydrogen-bond acceptors (Lipinski definition) is 1. The molecule has 0 aromatic heterocycles. The molecule has 0 aromatic carbocycles. The normalized spacial score (nSPS) is 6.25. The van der Waals surface area contributed by atoms with Crippen LogP contribution in [0.3, 0.4) is 0 Å². The van der Waals surface area contributed by atoms with Crippen LogP contribution in [-0.4, -0.2) is 12.1 Å². The van der Waals surface area contributed by atoms with Crippen molar-refractivity contribution in [1.82, 2.24) is 0 Å². The van der Waals surface area contributed by atoms with E-state index in [-0.39, 0.29) is 5.88 Å². The Labute approximate surface area is 30.1 Å². The van der Waals surface area contributed by atoms with Crippen molar-refractivity contribution in [2.75, 3.05) is 5.88 Å². The summed E-state index contributed by atoms with van der Waals surface area (Å²) in [6.45, 7) is 0. The lowest BCUT2D eigenvalue weighted by Gasteiger charge is -1.51. The van der Waals surface area contributed by atoms with Gasteiger partial charge in [0.2, 0.25) is 0 Å². The van der Waals surface area contributed by atoms with Gasteiger partial charge in [0.05, 0.1) is 12.1 Å². The second-order valence-corrected chi connectivity index (χ2v) is 0.578. The van der Waals surface area contributed by atoms with Gasteiger partial charge >= 0.3 is 0 Å². The van der Waals surface area contributed by atoms with Crippen LogP contribution >= 0.6 is 11.6 Å². The molecule has 0 rings (SSSR count). The van der Waals surface area contributed by atoms with E-state index in [4.69, 9.17) is 17.0 Å². The van der Waals surface area contributed by atoms with Crippen LogP contribution in [0.4, 0.5) is 0 Å². The molecule has 0 aliphatic heterocycles. The second kappa shape index (κ2) is 2.96. The molecule has 0 aromatic rings. The summed E-state index contributed by atoms with van der Waals surface area (Å²) in [5, 5.41) is 6.07. The quantitative estimate of drug-likeness (QED) is 0.352. The third kappa shape index (κ3) is 1.96. The minimum atomic E-state index is 0.208. The third-order valence-corrected chi connectivity index (χ3v) is 0.200. The molecule has 0 fully saturated rings. The van der Waals surface area contributed by atoms with Crippen LogP contribution in [-0.2, 0) is 0 Å². The van der Waals surface area contributed by atoms with Crippen LogP contribution in [0.15, 0.2) is 0 Å². The molecule has 0 unspecified atom stereocenters. The predicted molar refractivity (Wildman–Crippen MR) is 18.4 cm³/mol. The average Bonchev–Trinajstić information content (AvgIpc) is 1.37. The van der Waals surface area contributed by atoms with E-state index in [0.29, 0.717) is 0 Å². The molecular weight excluding hydrogens is 73.5 g/mol.